The monoisotopic (exact) mass is 226 g/mol. The molecule has 0 aromatic heterocycles. The van der Waals surface area contributed by atoms with Gasteiger partial charge in [0.15, 0.2) is 5.41 Å². The van der Waals surface area contributed by atoms with Crippen molar-refractivity contribution in [3.8, 4) is 0 Å². The number of unbranched alkanes of at least 4 members (excludes halogenated alkanes) is 2. The molecule has 1 aliphatic rings. The van der Waals surface area contributed by atoms with Crippen LogP contribution in [-0.2, 0) is 19.1 Å². The van der Waals surface area contributed by atoms with Crippen molar-refractivity contribution in [2.75, 3.05) is 14.2 Å². The van der Waals surface area contributed by atoms with Crippen molar-refractivity contribution in [3.05, 3.63) is 11.6 Å². The van der Waals surface area contributed by atoms with Gasteiger partial charge in [0.1, 0.15) is 0 Å². The second-order valence-electron chi connectivity index (χ2n) is 3.94. The zero-order valence-electron chi connectivity index (χ0n) is 10.0. The summed E-state index contributed by atoms with van der Waals surface area (Å²) >= 11 is 0. The normalized spacial score (nSPS) is 19.3. The van der Waals surface area contributed by atoms with Gasteiger partial charge in [-0.15, -0.1) is 0 Å². The van der Waals surface area contributed by atoms with E-state index in [9.17, 15) is 9.59 Å². The number of methoxy groups -OCH3 is 2. The molecule has 0 bridgehead atoms. The van der Waals surface area contributed by atoms with Gasteiger partial charge < -0.3 is 9.47 Å². The highest BCUT2D eigenvalue weighted by Gasteiger charge is 2.63. The maximum Gasteiger partial charge on any atom is 0.327 e. The molecule has 1 fully saturated rings. The Labute approximate surface area is 95.6 Å². The second kappa shape index (κ2) is 5.14. The molecular weight excluding hydrogens is 208 g/mol. The molecule has 90 valence electrons. The molecule has 0 heterocycles. The minimum atomic E-state index is -1.13. The average Bonchev–Trinajstić information content (AvgIpc) is 3.03. The molecule has 4 nitrogen and oxygen atoms in total. The van der Waals surface area contributed by atoms with Crippen LogP contribution in [0.3, 0.4) is 0 Å². The topological polar surface area (TPSA) is 52.6 Å². The molecule has 0 unspecified atom stereocenters. The Kier molecular flexibility index (Phi) is 4.10. The molecule has 0 aromatic carbocycles. The summed E-state index contributed by atoms with van der Waals surface area (Å²) in [6, 6.07) is 0. The molecule has 0 amide bonds. The number of carbonyl (C=O) groups excluding carboxylic acids is 2. The third kappa shape index (κ3) is 2.10. The van der Waals surface area contributed by atoms with E-state index in [0.717, 1.165) is 24.8 Å². The van der Waals surface area contributed by atoms with Gasteiger partial charge in [-0.1, -0.05) is 25.8 Å². The van der Waals surface area contributed by atoms with Crippen LogP contribution in [0.15, 0.2) is 11.6 Å². The van der Waals surface area contributed by atoms with Crippen LogP contribution in [0.5, 0.6) is 0 Å². The van der Waals surface area contributed by atoms with Crippen LogP contribution in [0.2, 0.25) is 0 Å². The van der Waals surface area contributed by atoms with E-state index < -0.39 is 17.4 Å². The lowest BCUT2D eigenvalue weighted by Gasteiger charge is -2.09. The van der Waals surface area contributed by atoms with Crippen LogP contribution in [0.25, 0.3) is 0 Å². The SMILES string of the molecule is CCCC/C=C1\CC1(C(=O)OC)C(=O)OC. The first-order valence-corrected chi connectivity index (χ1v) is 5.49. The van der Waals surface area contributed by atoms with Crippen molar-refractivity contribution >= 4 is 11.9 Å². The van der Waals surface area contributed by atoms with Gasteiger partial charge in [0.25, 0.3) is 0 Å². The first kappa shape index (κ1) is 12.7. The third-order valence-electron chi connectivity index (χ3n) is 2.89. The van der Waals surface area contributed by atoms with E-state index >= 15 is 0 Å². The van der Waals surface area contributed by atoms with Crippen LogP contribution in [0, 0.1) is 5.41 Å². The fraction of sp³-hybridized carbons (Fsp3) is 0.667. The van der Waals surface area contributed by atoms with Gasteiger partial charge in [0.05, 0.1) is 14.2 Å². The van der Waals surface area contributed by atoms with Crippen LogP contribution < -0.4 is 0 Å². The molecule has 0 atom stereocenters. The van der Waals surface area contributed by atoms with Gasteiger partial charge in [-0.3, -0.25) is 9.59 Å². The minimum Gasteiger partial charge on any atom is -0.468 e. The molecule has 1 aliphatic carbocycles. The summed E-state index contributed by atoms with van der Waals surface area (Å²) in [5.41, 5.74) is -0.295. The van der Waals surface area contributed by atoms with Crippen LogP contribution in [-0.4, -0.2) is 26.2 Å². The van der Waals surface area contributed by atoms with Crippen LogP contribution >= 0.6 is 0 Å². The largest absolute Gasteiger partial charge is 0.468 e. The van der Waals surface area contributed by atoms with E-state index in [1.54, 1.807) is 0 Å². The third-order valence-corrected chi connectivity index (χ3v) is 2.89. The lowest BCUT2D eigenvalue weighted by Crippen LogP contribution is -2.28. The van der Waals surface area contributed by atoms with E-state index in [-0.39, 0.29) is 0 Å². The Balaban J connectivity index is 2.76. The van der Waals surface area contributed by atoms with Crippen molar-refractivity contribution in [1.29, 1.82) is 0 Å². The Morgan fingerprint density at radius 1 is 1.31 bits per heavy atom. The fourth-order valence-corrected chi connectivity index (χ4v) is 1.81. The van der Waals surface area contributed by atoms with Gasteiger partial charge in [-0.2, -0.15) is 0 Å². The van der Waals surface area contributed by atoms with Crippen molar-refractivity contribution in [1.82, 2.24) is 0 Å². The molecule has 1 saturated carbocycles. The number of hydrogen-bond donors (Lipinski definition) is 0. The van der Waals surface area contributed by atoms with Gasteiger partial charge in [0.2, 0.25) is 0 Å². The van der Waals surface area contributed by atoms with E-state index in [4.69, 9.17) is 0 Å². The number of rotatable bonds is 5. The van der Waals surface area contributed by atoms with Gasteiger partial charge >= 0.3 is 11.9 Å². The summed E-state index contributed by atoms with van der Waals surface area (Å²) in [6.45, 7) is 2.10. The number of carbonyl (C=O) groups is 2. The quantitative estimate of drug-likeness (QED) is 0.310. The summed E-state index contributed by atoms with van der Waals surface area (Å²) in [5.74, 6) is -1.02. The molecule has 0 aromatic rings. The smallest absolute Gasteiger partial charge is 0.327 e. The maximum absolute atomic E-state index is 11.6. The van der Waals surface area contributed by atoms with Crippen molar-refractivity contribution in [2.45, 2.75) is 32.6 Å². The highest BCUT2D eigenvalue weighted by molar-refractivity contribution is 6.08. The Morgan fingerprint density at radius 3 is 2.31 bits per heavy atom. The highest BCUT2D eigenvalue weighted by Crippen LogP contribution is 2.54. The molecule has 1 rings (SSSR count). The van der Waals surface area contributed by atoms with Crippen LogP contribution in [0.4, 0.5) is 0 Å². The Morgan fingerprint density at radius 2 is 1.88 bits per heavy atom. The second-order valence-corrected chi connectivity index (χ2v) is 3.94. The van der Waals surface area contributed by atoms with E-state index in [0.29, 0.717) is 6.42 Å². The summed E-state index contributed by atoms with van der Waals surface area (Å²) in [5, 5.41) is 0. The molecule has 0 N–H and O–H groups in total. The predicted octanol–water partition coefficient (Wildman–Crippen LogP) is 1.84. The fourth-order valence-electron chi connectivity index (χ4n) is 1.81. The summed E-state index contributed by atoms with van der Waals surface area (Å²) in [4.78, 5) is 23.2. The molecule has 0 saturated heterocycles. The first-order valence-electron chi connectivity index (χ1n) is 5.49. The molecule has 16 heavy (non-hydrogen) atoms. The van der Waals surface area contributed by atoms with Crippen molar-refractivity contribution in [2.24, 2.45) is 5.41 Å². The minimum absolute atomic E-state index is 0.441. The lowest BCUT2D eigenvalue weighted by atomic mass is 10.1. The van der Waals surface area contributed by atoms with Crippen molar-refractivity contribution < 1.29 is 19.1 Å². The summed E-state index contributed by atoms with van der Waals surface area (Å²) in [6.07, 6.45) is 5.43. The highest BCUT2D eigenvalue weighted by atomic mass is 16.5. The van der Waals surface area contributed by atoms with E-state index in [2.05, 4.69) is 16.4 Å². The predicted molar refractivity (Wildman–Crippen MR) is 58.7 cm³/mol. The van der Waals surface area contributed by atoms with E-state index in [1.165, 1.54) is 14.2 Å². The number of allylic oxidation sites excluding steroid dienone is 1. The maximum atomic E-state index is 11.6. The van der Waals surface area contributed by atoms with E-state index in [1.807, 2.05) is 6.08 Å². The van der Waals surface area contributed by atoms with Crippen LogP contribution in [0.1, 0.15) is 32.6 Å². The van der Waals surface area contributed by atoms with Gasteiger partial charge in [0, 0.05) is 6.42 Å². The zero-order chi connectivity index (χ0) is 12.2. The standard InChI is InChI=1S/C12H18O4/c1-4-5-6-7-9-8-12(9,10(13)15-2)11(14)16-3/h7H,4-6,8H2,1-3H3/b9-7+. The first-order chi connectivity index (χ1) is 7.63. The number of hydrogen-bond acceptors (Lipinski definition) is 4. The lowest BCUT2D eigenvalue weighted by molar-refractivity contribution is -0.160. The molecule has 0 spiro atoms. The van der Waals surface area contributed by atoms with Gasteiger partial charge in [-0.05, 0) is 12.0 Å². The van der Waals surface area contributed by atoms with Gasteiger partial charge in [-0.25, -0.2) is 0 Å². The summed E-state index contributed by atoms with van der Waals surface area (Å²) in [7, 11) is 2.57. The number of esters is 2. The Hall–Kier alpha value is -1.32. The molecular formula is C12H18O4. The molecule has 0 radical (unpaired) electrons. The molecule has 4 heteroatoms. The van der Waals surface area contributed by atoms with Crippen molar-refractivity contribution in [3.63, 3.8) is 0 Å². The number of ether oxygens (including phenoxy) is 2. The zero-order valence-corrected chi connectivity index (χ0v) is 10.0. The molecule has 0 aliphatic heterocycles. The average molecular weight is 226 g/mol. The summed E-state index contributed by atoms with van der Waals surface area (Å²) < 4.78 is 9.31. The Bertz CT molecular complexity index is 301.